The average molecular weight is 407 g/mol. The van der Waals surface area contributed by atoms with Crippen molar-refractivity contribution in [3.63, 3.8) is 0 Å². The minimum Gasteiger partial charge on any atom is -0.276 e. The lowest BCUT2D eigenvalue weighted by molar-refractivity contribution is -0.384. The number of non-ortho nitro benzene ring substituents is 1. The maximum absolute atomic E-state index is 12.8. The second-order valence-corrected chi connectivity index (χ2v) is 9.23. The fraction of sp³-hybridized carbons (Fsp3) is 0.529. The van der Waals surface area contributed by atoms with Crippen LogP contribution in [0, 0.1) is 10.1 Å². The van der Waals surface area contributed by atoms with E-state index in [0.717, 1.165) is 18.7 Å². The van der Waals surface area contributed by atoms with E-state index in [1.54, 1.807) is 11.6 Å². The zero-order valence-electron chi connectivity index (χ0n) is 15.4. The van der Waals surface area contributed by atoms with E-state index < -0.39 is 14.9 Å². The van der Waals surface area contributed by atoms with E-state index in [2.05, 4.69) is 5.10 Å². The largest absolute Gasteiger partial charge is 0.345 e. The first-order valence-corrected chi connectivity index (χ1v) is 10.6. The van der Waals surface area contributed by atoms with Gasteiger partial charge in [0.2, 0.25) is 10.0 Å². The highest BCUT2D eigenvalue weighted by atomic mass is 32.2. The van der Waals surface area contributed by atoms with Gasteiger partial charge in [-0.25, -0.2) is 17.9 Å². The monoisotopic (exact) mass is 407 g/mol. The number of nitro benzene ring substituents is 1. The topological polar surface area (TPSA) is 120 Å². The van der Waals surface area contributed by atoms with Crippen LogP contribution in [0.4, 0.5) is 5.69 Å². The Balaban J connectivity index is 1.50. The number of hydrogen-bond acceptors (Lipinski definition) is 6. The number of piperidine rings is 1. The molecule has 28 heavy (non-hydrogen) atoms. The highest BCUT2D eigenvalue weighted by Crippen LogP contribution is 2.38. The minimum absolute atomic E-state index is 0.0396. The van der Waals surface area contributed by atoms with Gasteiger partial charge >= 0.3 is 5.69 Å². The van der Waals surface area contributed by atoms with Gasteiger partial charge in [0.05, 0.1) is 9.82 Å². The van der Waals surface area contributed by atoms with Crippen LogP contribution in [-0.4, -0.2) is 45.1 Å². The summed E-state index contributed by atoms with van der Waals surface area (Å²) in [5, 5.41) is 15.2. The van der Waals surface area contributed by atoms with Crippen molar-refractivity contribution >= 4 is 15.7 Å². The van der Waals surface area contributed by atoms with Crippen LogP contribution in [0.25, 0.3) is 0 Å². The molecule has 1 saturated heterocycles. The summed E-state index contributed by atoms with van der Waals surface area (Å²) in [6.45, 7) is 0.638. The van der Waals surface area contributed by atoms with Crippen LogP contribution in [0.15, 0.2) is 34.0 Å². The first kappa shape index (κ1) is 18.8. The number of rotatable bonds is 5. The van der Waals surface area contributed by atoms with Gasteiger partial charge in [0, 0.05) is 44.2 Å². The number of sulfonamides is 1. The Bertz CT molecular complexity index is 1060. The van der Waals surface area contributed by atoms with Crippen LogP contribution in [-0.2, 0) is 17.1 Å². The van der Waals surface area contributed by atoms with Gasteiger partial charge in [-0.3, -0.25) is 14.7 Å². The molecule has 2 fully saturated rings. The summed E-state index contributed by atoms with van der Waals surface area (Å²) in [4.78, 5) is 22.5. The maximum atomic E-state index is 12.8. The van der Waals surface area contributed by atoms with E-state index in [4.69, 9.17) is 0 Å². The molecule has 0 unspecified atom stereocenters. The first-order chi connectivity index (χ1) is 13.3. The molecule has 0 radical (unpaired) electrons. The Labute approximate surface area is 161 Å². The third-order valence-electron chi connectivity index (χ3n) is 5.40. The molecule has 0 atom stereocenters. The number of nitro groups is 1. The van der Waals surface area contributed by atoms with Gasteiger partial charge < -0.3 is 0 Å². The van der Waals surface area contributed by atoms with Crippen LogP contribution in [0.5, 0.6) is 0 Å². The third kappa shape index (κ3) is 3.24. The van der Waals surface area contributed by atoms with E-state index in [0.29, 0.717) is 25.9 Å². The molecule has 1 aliphatic carbocycles. The molecule has 10 nitrogen and oxygen atoms in total. The van der Waals surface area contributed by atoms with E-state index in [1.807, 2.05) is 0 Å². The summed E-state index contributed by atoms with van der Waals surface area (Å²) in [5.74, 6) is 0.792. The second-order valence-electron chi connectivity index (χ2n) is 7.29. The number of nitrogens with zero attached hydrogens (tertiary/aromatic N) is 5. The Morgan fingerprint density at radius 2 is 1.71 bits per heavy atom. The molecule has 2 aromatic rings. The smallest absolute Gasteiger partial charge is 0.276 e. The molecular weight excluding hydrogens is 386 g/mol. The number of benzene rings is 1. The van der Waals surface area contributed by atoms with Crippen LogP contribution in [0.2, 0.25) is 0 Å². The number of aryl methyl sites for hydroxylation is 1. The van der Waals surface area contributed by atoms with E-state index in [1.165, 1.54) is 33.3 Å². The van der Waals surface area contributed by atoms with Crippen molar-refractivity contribution in [3.05, 3.63) is 50.7 Å². The van der Waals surface area contributed by atoms with Gasteiger partial charge in [-0.2, -0.15) is 9.40 Å². The molecule has 11 heteroatoms. The lowest BCUT2D eigenvalue weighted by atomic mass is 9.97. The molecule has 0 N–H and O–H groups in total. The predicted octanol–water partition coefficient (Wildman–Crippen LogP) is 1.39. The van der Waals surface area contributed by atoms with E-state index in [9.17, 15) is 23.3 Å². The zero-order chi connectivity index (χ0) is 20.1. The summed E-state index contributed by atoms with van der Waals surface area (Å²) in [6.07, 6.45) is 3.11. The Hall–Kier alpha value is -2.53. The third-order valence-corrected chi connectivity index (χ3v) is 7.31. The summed E-state index contributed by atoms with van der Waals surface area (Å²) in [5.41, 5.74) is -0.260. The number of aromatic nitrogens is 3. The van der Waals surface area contributed by atoms with E-state index >= 15 is 0 Å². The van der Waals surface area contributed by atoms with Crippen molar-refractivity contribution in [2.45, 2.75) is 42.5 Å². The predicted molar refractivity (Wildman–Crippen MR) is 99.6 cm³/mol. The van der Waals surface area contributed by atoms with Gasteiger partial charge in [0.15, 0.2) is 0 Å². The van der Waals surface area contributed by atoms with E-state index in [-0.39, 0.29) is 28.2 Å². The van der Waals surface area contributed by atoms with Gasteiger partial charge in [-0.15, -0.1) is 0 Å². The molecule has 0 spiro atoms. The molecule has 1 aromatic carbocycles. The zero-order valence-corrected chi connectivity index (χ0v) is 16.2. The molecule has 2 heterocycles. The van der Waals surface area contributed by atoms with Crippen molar-refractivity contribution in [1.29, 1.82) is 0 Å². The molecule has 0 amide bonds. The Morgan fingerprint density at radius 1 is 1.11 bits per heavy atom. The van der Waals surface area contributed by atoms with Crippen LogP contribution >= 0.6 is 0 Å². The van der Waals surface area contributed by atoms with Crippen molar-refractivity contribution in [2.75, 3.05) is 13.1 Å². The van der Waals surface area contributed by atoms with Gasteiger partial charge in [0.25, 0.3) is 5.69 Å². The molecule has 4 rings (SSSR count). The fourth-order valence-electron chi connectivity index (χ4n) is 3.70. The standard InChI is InChI=1S/C17H21N5O5S/c1-19-17(23)21(13-2-3-13)16(18-19)12-8-10-20(11-9-12)28(26,27)15-6-4-14(5-7-15)22(24)25/h4-7,12-13H,2-3,8-11H2,1H3. The number of hydrogen-bond donors (Lipinski definition) is 0. The van der Waals surface area contributed by atoms with Gasteiger partial charge in [0.1, 0.15) is 5.82 Å². The lowest BCUT2D eigenvalue weighted by Crippen LogP contribution is -2.38. The summed E-state index contributed by atoms with van der Waals surface area (Å²) < 4.78 is 30.2. The summed E-state index contributed by atoms with van der Waals surface area (Å²) >= 11 is 0. The molecule has 1 aliphatic heterocycles. The normalized spacial score (nSPS) is 19.0. The van der Waals surface area contributed by atoms with Crippen molar-refractivity contribution < 1.29 is 13.3 Å². The fourth-order valence-corrected chi connectivity index (χ4v) is 5.17. The van der Waals surface area contributed by atoms with Crippen LogP contribution in [0.1, 0.15) is 43.5 Å². The van der Waals surface area contributed by atoms with Gasteiger partial charge in [-0.05, 0) is 37.8 Å². The Morgan fingerprint density at radius 3 is 2.25 bits per heavy atom. The summed E-state index contributed by atoms with van der Waals surface area (Å²) in [7, 11) is -2.07. The lowest BCUT2D eigenvalue weighted by Gasteiger charge is -2.30. The minimum atomic E-state index is -3.71. The average Bonchev–Trinajstić information content (AvgIpc) is 3.48. The highest BCUT2D eigenvalue weighted by Gasteiger charge is 2.36. The SMILES string of the molecule is Cn1nc(C2CCN(S(=O)(=O)c3ccc([N+](=O)[O-])cc3)CC2)n(C2CC2)c1=O. The summed E-state index contributed by atoms with van der Waals surface area (Å²) in [6, 6.07) is 5.15. The van der Waals surface area contributed by atoms with Crippen molar-refractivity contribution in [2.24, 2.45) is 7.05 Å². The molecule has 2 aliphatic rings. The Kier molecular flexibility index (Phi) is 4.58. The molecule has 0 bridgehead atoms. The quantitative estimate of drug-likeness (QED) is 0.546. The molecule has 1 aromatic heterocycles. The molecule has 1 saturated carbocycles. The van der Waals surface area contributed by atoms with Crippen molar-refractivity contribution in [1.82, 2.24) is 18.7 Å². The first-order valence-electron chi connectivity index (χ1n) is 9.19. The van der Waals surface area contributed by atoms with Gasteiger partial charge in [-0.1, -0.05) is 0 Å². The maximum Gasteiger partial charge on any atom is 0.345 e. The second kappa shape index (κ2) is 6.82. The van der Waals surface area contributed by atoms with Crippen LogP contribution in [0.3, 0.4) is 0 Å². The highest BCUT2D eigenvalue weighted by molar-refractivity contribution is 7.89. The molecule has 150 valence electrons. The molecular formula is C17H21N5O5S. The van der Waals surface area contributed by atoms with Crippen molar-refractivity contribution in [3.8, 4) is 0 Å². The van der Waals surface area contributed by atoms with Crippen LogP contribution < -0.4 is 5.69 Å².